The van der Waals surface area contributed by atoms with E-state index in [1.54, 1.807) is 0 Å². The second kappa shape index (κ2) is 5.53. The summed E-state index contributed by atoms with van der Waals surface area (Å²) in [5, 5.41) is 0. The van der Waals surface area contributed by atoms with Crippen molar-refractivity contribution in [2.45, 2.75) is 0 Å². The van der Waals surface area contributed by atoms with Gasteiger partial charge < -0.3 is 0 Å². The van der Waals surface area contributed by atoms with E-state index in [-0.39, 0.29) is 0 Å². The molecule has 0 radical (unpaired) electrons. The average Bonchev–Trinajstić information content (AvgIpc) is 3.06. The number of rotatable bonds is 2. The van der Waals surface area contributed by atoms with Crippen LogP contribution in [0.15, 0.2) is 84.9 Å². The van der Waals surface area contributed by atoms with E-state index in [1.807, 2.05) is 60.7 Å². The zero-order valence-corrected chi connectivity index (χ0v) is 13.4. The molecule has 5 aromatic rings. The van der Waals surface area contributed by atoms with Gasteiger partial charge in [0.05, 0.1) is 0 Å². The Balaban J connectivity index is 1.90. The van der Waals surface area contributed by atoms with E-state index < -0.39 is 0 Å². The maximum absolute atomic E-state index is 4.87. The van der Waals surface area contributed by atoms with Crippen LogP contribution in [0.1, 0.15) is 0 Å². The van der Waals surface area contributed by atoms with Crippen molar-refractivity contribution in [2.75, 3.05) is 0 Å². The SMILES string of the molecule is c1ccc(-c2[nH]c3nc4ccccc4nc3[n+]2-c2ccccc2)cc1. The van der Waals surface area contributed by atoms with Gasteiger partial charge in [0.15, 0.2) is 5.52 Å². The van der Waals surface area contributed by atoms with Gasteiger partial charge in [-0.2, -0.15) is 4.57 Å². The molecule has 0 bridgehead atoms. The van der Waals surface area contributed by atoms with Crippen LogP contribution in [-0.4, -0.2) is 15.0 Å². The molecule has 0 aliphatic rings. The lowest BCUT2D eigenvalue weighted by Crippen LogP contribution is -2.32. The first-order valence-corrected chi connectivity index (χ1v) is 8.21. The molecular weight excluding hydrogens is 308 g/mol. The van der Waals surface area contributed by atoms with Gasteiger partial charge in [0.25, 0.3) is 5.65 Å². The summed E-state index contributed by atoms with van der Waals surface area (Å²) in [4.78, 5) is 13.1. The van der Waals surface area contributed by atoms with Gasteiger partial charge in [-0.3, -0.25) is 4.98 Å². The van der Waals surface area contributed by atoms with Gasteiger partial charge in [0.1, 0.15) is 11.2 Å². The molecule has 4 nitrogen and oxygen atoms in total. The van der Waals surface area contributed by atoms with E-state index in [4.69, 9.17) is 9.97 Å². The highest BCUT2D eigenvalue weighted by Gasteiger charge is 2.23. The van der Waals surface area contributed by atoms with Crippen LogP contribution in [-0.2, 0) is 0 Å². The summed E-state index contributed by atoms with van der Waals surface area (Å²) in [5.41, 5.74) is 5.52. The molecule has 0 saturated carbocycles. The summed E-state index contributed by atoms with van der Waals surface area (Å²) < 4.78 is 2.13. The van der Waals surface area contributed by atoms with E-state index in [0.29, 0.717) is 0 Å². The van der Waals surface area contributed by atoms with Crippen LogP contribution in [0.3, 0.4) is 0 Å². The van der Waals surface area contributed by atoms with Crippen LogP contribution in [0.4, 0.5) is 0 Å². The molecule has 2 heterocycles. The lowest BCUT2D eigenvalue weighted by molar-refractivity contribution is -0.556. The Hall–Kier alpha value is -3.53. The summed E-state index contributed by atoms with van der Waals surface area (Å²) >= 11 is 0. The number of nitrogens with zero attached hydrogens (tertiary/aromatic N) is 3. The Labute approximate surface area is 144 Å². The number of nitrogens with one attached hydrogen (secondary N) is 1. The number of hydrogen-bond donors (Lipinski definition) is 1. The summed E-state index contributed by atoms with van der Waals surface area (Å²) in [6.45, 7) is 0. The molecule has 0 fully saturated rings. The Bertz CT molecular complexity index is 1180. The third-order valence-electron chi connectivity index (χ3n) is 4.29. The van der Waals surface area contributed by atoms with Gasteiger partial charge in [0, 0.05) is 5.56 Å². The average molecular weight is 323 g/mol. The molecule has 0 aliphatic carbocycles. The second-order valence-corrected chi connectivity index (χ2v) is 5.90. The van der Waals surface area contributed by atoms with E-state index in [9.17, 15) is 0 Å². The molecule has 4 heteroatoms. The highest BCUT2D eigenvalue weighted by Crippen LogP contribution is 2.21. The Morgan fingerprint density at radius 1 is 0.640 bits per heavy atom. The fraction of sp³-hybridized carbons (Fsp3) is 0. The minimum Gasteiger partial charge on any atom is -0.251 e. The summed E-state index contributed by atoms with van der Waals surface area (Å²) in [5.74, 6) is 0.970. The molecule has 3 aromatic carbocycles. The van der Waals surface area contributed by atoms with Gasteiger partial charge in [-0.15, -0.1) is 0 Å². The van der Waals surface area contributed by atoms with E-state index >= 15 is 0 Å². The molecule has 0 aliphatic heterocycles. The number of fused-ring (bicyclic) bond motifs is 2. The molecule has 0 unspecified atom stereocenters. The Morgan fingerprint density at radius 2 is 1.24 bits per heavy atom. The summed E-state index contributed by atoms with van der Waals surface area (Å²) in [7, 11) is 0. The highest BCUT2D eigenvalue weighted by atomic mass is 15.2. The van der Waals surface area contributed by atoms with Crippen LogP contribution < -0.4 is 4.57 Å². The molecule has 2 aromatic heterocycles. The van der Waals surface area contributed by atoms with Gasteiger partial charge in [-0.25, -0.2) is 4.98 Å². The van der Waals surface area contributed by atoms with Crippen molar-refractivity contribution in [3.8, 4) is 17.1 Å². The van der Waals surface area contributed by atoms with Gasteiger partial charge in [-0.05, 0) is 36.4 Å². The first-order chi connectivity index (χ1) is 12.4. The lowest BCUT2D eigenvalue weighted by Gasteiger charge is -2.02. The van der Waals surface area contributed by atoms with Crippen LogP contribution in [0.5, 0.6) is 0 Å². The quantitative estimate of drug-likeness (QED) is 0.498. The summed E-state index contributed by atoms with van der Waals surface area (Å²) in [6, 6.07) is 28.4. The fourth-order valence-corrected chi connectivity index (χ4v) is 3.13. The predicted octanol–water partition coefficient (Wildman–Crippen LogP) is 4.05. The zero-order valence-electron chi connectivity index (χ0n) is 13.4. The number of benzene rings is 3. The zero-order chi connectivity index (χ0) is 16.6. The number of aromatic nitrogens is 4. The van der Waals surface area contributed by atoms with Crippen molar-refractivity contribution in [2.24, 2.45) is 0 Å². The monoisotopic (exact) mass is 323 g/mol. The van der Waals surface area contributed by atoms with Crippen LogP contribution in [0.2, 0.25) is 0 Å². The maximum Gasteiger partial charge on any atom is 0.328 e. The Kier molecular flexibility index (Phi) is 3.07. The van der Waals surface area contributed by atoms with Gasteiger partial charge in [0.2, 0.25) is 5.82 Å². The number of aromatic amines is 1. The van der Waals surface area contributed by atoms with Crippen LogP contribution >= 0.6 is 0 Å². The largest absolute Gasteiger partial charge is 0.328 e. The van der Waals surface area contributed by atoms with Crippen molar-refractivity contribution in [1.82, 2.24) is 15.0 Å². The molecule has 0 atom stereocenters. The van der Waals surface area contributed by atoms with Crippen molar-refractivity contribution in [3.63, 3.8) is 0 Å². The molecule has 0 spiro atoms. The smallest absolute Gasteiger partial charge is 0.251 e. The van der Waals surface area contributed by atoms with Crippen molar-refractivity contribution in [3.05, 3.63) is 84.9 Å². The molecule has 5 rings (SSSR count). The van der Waals surface area contributed by atoms with Crippen molar-refractivity contribution < 1.29 is 4.57 Å². The lowest BCUT2D eigenvalue weighted by atomic mass is 10.2. The third kappa shape index (κ3) is 2.27. The first kappa shape index (κ1) is 13.9. The summed E-state index contributed by atoms with van der Waals surface area (Å²) in [6.07, 6.45) is 0. The number of H-pyrrole nitrogens is 1. The minimum absolute atomic E-state index is 0.779. The molecule has 1 N–H and O–H groups in total. The van der Waals surface area contributed by atoms with E-state index in [1.165, 1.54) is 0 Å². The third-order valence-corrected chi connectivity index (χ3v) is 4.29. The molecule has 0 saturated heterocycles. The molecule has 0 amide bonds. The predicted molar refractivity (Wildman–Crippen MR) is 98.4 cm³/mol. The number of para-hydroxylation sites is 3. The number of hydrogen-bond acceptors (Lipinski definition) is 2. The minimum atomic E-state index is 0.779. The first-order valence-electron chi connectivity index (χ1n) is 8.21. The topological polar surface area (TPSA) is 45.5 Å². The fourth-order valence-electron chi connectivity index (χ4n) is 3.13. The van der Waals surface area contributed by atoms with Crippen molar-refractivity contribution >= 4 is 22.3 Å². The molecule has 25 heavy (non-hydrogen) atoms. The van der Waals surface area contributed by atoms with Gasteiger partial charge >= 0.3 is 5.65 Å². The van der Waals surface area contributed by atoms with E-state index in [0.717, 1.165) is 39.4 Å². The standard InChI is InChI=1S/C21H14N4/c1-3-9-15(10-4-1)20-24-19-21(25(20)16-11-5-2-6-12-16)23-18-14-8-7-13-17(18)22-19/h1-14H/p+1. The van der Waals surface area contributed by atoms with E-state index in [2.05, 4.69) is 33.8 Å². The van der Waals surface area contributed by atoms with Crippen LogP contribution in [0, 0.1) is 0 Å². The molecule has 118 valence electrons. The van der Waals surface area contributed by atoms with Crippen molar-refractivity contribution in [1.29, 1.82) is 0 Å². The molecular formula is C21H15N4+. The normalized spacial score (nSPS) is 11.2. The number of imidazole rings is 1. The second-order valence-electron chi connectivity index (χ2n) is 5.90. The highest BCUT2D eigenvalue weighted by molar-refractivity contribution is 5.82. The maximum atomic E-state index is 4.87. The Morgan fingerprint density at radius 3 is 1.96 bits per heavy atom. The van der Waals surface area contributed by atoms with Crippen LogP contribution in [0.25, 0.3) is 39.4 Å². The van der Waals surface area contributed by atoms with Gasteiger partial charge in [-0.1, -0.05) is 53.5 Å².